The minimum atomic E-state index is -3.44. The standard InChI is InChI=1S/C14H19ClN2O2S/c1-14(2,3)10-20(18,19)17-13-7-6-12(15)9-11(13)5-4-8-16/h6-7,9,17H,8,10,16H2,1-3H3. The number of benzene rings is 1. The van der Waals surface area contributed by atoms with Gasteiger partial charge in [0.05, 0.1) is 23.5 Å². The molecule has 0 bridgehead atoms. The number of hydrogen-bond donors (Lipinski definition) is 2. The molecule has 0 atom stereocenters. The summed E-state index contributed by atoms with van der Waals surface area (Å²) in [6.45, 7) is 5.79. The van der Waals surface area contributed by atoms with E-state index in [1.54, 1.807) is 18.2 Å². The van der Waals surface area contributed by atoms with Crippen LogP contribution in [0.3, 0.4) is 0 Å². The van der Waals surface area contributed by atoms with Crippen LogP contribution in [0.25, 0.3) is 0 Å². The number of nitrogens with one attached hydrogen (secondary N) is 1. The molecule has 1 aromatic rings. The van der Waals surface area contributed by atoms with Crippen molar-refractivity contribution in [3.8, 4) is 11.8 Å². The predicted molar refractivity (Wildman–Crippen MR) is 84.2 cm³/mol. The third-order valence-electron chi connectivity index (χ3n) is 2.20. The number of anilines is 1. The normalized spacial score (nSPS) is 11.7. The Hall–Kier alpha value is -1.22. The molecule has 0 spiro atoms. The highest BCUT2D eigenvalue weighted by Gasteiger charge is 2.22. The van der Waals surface area contributed by atoms with Gasteiger partial charge in [0.25, 0.3) is 0 Å². The maximum absolute atomic E-state index is 12.1. The van der Waals surface area contributed by atoms with Crippen molar-refractivity contribution in [2.75, 3.05) is 17.0 Å². The molecule has 1 aromatic carbocycles. The molecular formula is C14H19ClN2O2S. The summed E-state index contributed by atoms with van der Waals surface area (Å²) in [6, 6.07) is 4.83. The molecule has 0 aliphatic rings. The topological polar surface area (TPSA) is 72.2 Å². The van der Waals surface area contributed by atoms with Crippen LogP contribution < -0.4 is 10.5 Å². The summed E-state index contributed by atoms with van der Waals surface area (Å²) in [5, 5.41) is 0.491. The van der Waals surface area contributed by atoms with Crippen molar-refractivity contribution in [3.63, 3.8) is 0 Å². The Kier molecular flexibility index (Phi) is 5.46. The maximum atomic E-state index is 12.1. The summed E-state index contributed by atoms with van der Waals surface area (Å²) in [6.07, 6.45) is 0. The summed E-state index contributed by atoms with van der Waals surface area (Å²) in [7, 11) is -3.44. The number of halogens is 1. The van der Waals surface area contributed by atoms with Gasteiger partial charge in [-0.1, -0.05) is 44.2 Å². The van der Waals surface area contributed by atoms with Gasteiger partial charge in [-0.3, -0.25) is 4.72 Å². The number of nitrogens with two attached hydrogens (primary N) is 1. The molecule has 4 nitrogen and oxygen atoms in total. The second-order valence-electron chi connectivity index (χ2n) is 5.62. The Morgan fingerprint density at radius 2 is 2.00 bits per heavy atom. The van der Waals surface area contributed by atoms with E-state index in [0.717, 1.165) is 0 Å². The third-order valence-corrected chi connectivity index (χ3v) is 4.21. The monoisotopic (exact) mass is 314 g/mol. The van der Waals surface area contributed by atoms with Crippen molar-refractivity contribution >= 4 is 27.3 Å². The lowest BCUT2D eigenvalue weighted by molar-refractivity contribution is 0.463. The summed E-state index contributed by atoms with van der Waals surface area (Å²) < 4.78 is 26.8. The van der Waals surface area contributed by atoms with Gasteiger partial charge < -0.3 is 5.73 Å². The molecule has 0 heterocycles. The van der Waals surface area contributed by atoms with Crippen LogP contribution in [0, 0.1) is 17.3 Å². The van der Waals surface area contributed by atoms with E-state index in [2.05, 4.69) is 16.6 Å². The Morgan fingerprint density at radius 3 is 2.55 bits per heavy atom. The van der Waals surface area contributed by atoms with E-state index in [9.17, 15) is 8.42 Å². The smallest absolute Gasteiger partial charge is 0.233 e. The molecule has 3 N–H and O–H groups in total. The van der Waals surface area contributed by atoms with Crippen LogP contribution in [0.15, 0.2) is 18.2 Å². The summed E-state index contributed by atoms with van der Waals surface area (Å²) in [5.41, 5.74) is 5.93. The van der Waals surface area contributed by atoms with Crippen LogP contribution in [-0.4, -0.2) is 20.7 Å². The lowest BCUT2D eigenvalue weighted by Crippen LogP contribution is -2.26. The van der Waals surface area contributed by atoms with E-state index in [-0.39, 0.29) is 17.7 Å². The van der Waals surface area contributed by atoms with Gasteiger partial charge in [-0.25, -0.2) is 8.42 Å². The Bertz CT molecular complexity index is 637. The third kappa shape index (κ3) is 5.83. The predicted octanol–water partition coefficient (Wildman–Crippen LogP) is 2.44. The molecule has 0 radical (unpaired) electrons. The number of hydrogen-bond acceptors (Lipinski definition) is 3. The van der Waals surface area contributed by atoms with E-state index in [4.69, 9.17) is 17.3 Å². The van der Waals surface area contributed by atoms with Gasteiger partial charge in [-0.15, -0.1) is 0 Å². The first kappa shape index (κ1) is 16.8. The summed E-state index contributed by atoms with van der Waals surface area (Å²) >= 11 is 5.90. The lowest BCUT2D eigenvalue weighted by atomic mass is 10.0. The van der Waals surface area contributed by atoms with Crippen LogP contribution >= 0.6 is 11.6 Å². The van der Waals surface area contributed by atoms with Gasteiger partial charge in [-0.2, -0.15) is 0 Å². The van der Waals surface area contributed by atoms with Gasteiger partial charge in [0.15, 0.2) is 0 Å². The SMILES string of the molecule is CC(C)(C)CS(=O)(=O)Nc1ccc(Cl)cc1C#CCN. The van der Waals surface area contributed by atoms with Crippen molar-refractivity contribution in [2.24, 2.45) is 11.1 Å². The van der Waals surface area contributed by atoms with Crippen molar-refractivity contribution in [1.29, 1.82) is 0 Å². The van der Waals surface area contributed by atoms with Crippen molar-refractivity contribution < 1.29 is 8.42 Å². The van der Waals surface area contributed by atoms with Crippen LogP contribution in [0.4, 0.5) is 5.69 Å². The molecule has 0 saturated heterocycles. The zero-order valence-corrected chi connectivity index (χ0v) is 13.4. The minimum absolute atomic E-state index is 0.0202. The Balaban J connectivity index is 3.09. The van der Waals surface area contributed by atoms with E-state index < -0.39 is 10.0 Å². The number of sulfonamides is 1. The quantitative estimate of drug-likeness (QED) is 0.842. The average molecular weight is 315 g/mol. The zero-order valence-electron chi connectivity index (χ0n) is 11.8. The molecule has 1 rings (SSSR count). The van der Waals surface area contributed by atoms with Crippen LogP contribution in [0.2, 0.25) is 5.02 Å². The highest BCUT2D eigenvalue weighted by Crippen LogP contribution is 2.23. The first-order valence-corrected chi connectivity index (χ1v) is 8.15. The fourth-order valence-corrected chi connectivity index (χ4v) is 3.53. The fourth-order valence-electron chi connectivity index (χ4n) is 1.63. The molecule has 0 amide bonds. The van der Waals surface area contributed by atoms with Crippen molar-refractivity contribution in [2.45, 2.75) is 20.8 Å². The first-order valence-electron chi connectivity index (χ1n) is 6.12. The highest BCUT2D eigenvalue weighted by molar-refractivity contribution is 7.92. The maximum Gasteiger partial charge on any atom is 0.233 e. The minimum Gasteiger partial charge on any atom is -0.320 e. The summed E-state index contributed by atoms with van der Waals surface area (Å²) in [5.74, 6) is 5.52. The molecule has 0 unspecified atom stereocenters. The molecule has 0 aliphatic carbocycles. The molecular weight excluding hydrogens is 296 g/mol. The highest BCUT2D eigenvalue weighted by atomic mass is 35.5. The summed E-state index contributed by atoms with van der Waals surface area (Å²) in [4.78, 5) is 0. The van der Waals surface area contributed by atoms with Crippen LogP contribution in [0.1, 0.15) is 26.3 Å². The second-order valence-corrected chi connectivity index (χ2v) is 7.78. The first-order chi connectivity index (χ1) is 9.13. The molecule has 0 saturated carbocycles. The van der Waals surface area contributed by atoms with Gasteiger partial charge in [-0.05, 0) is 23.6 Å². The number of rotatable bonds is 3. The molecule has 0 fully saturated rings. The molecule has 0 aliphatic heterocycles. The second kappa shape index (κ2) is 6.49. The fraction of sp³-hybridized carbons (Fsp3) is 0.429. The average Bonchev–Trinajstić information content (AvgIpc) is 2.26. The van der Waals surface area contributed by atoms with Gasteiger partial charge in [0, 0.05) is 5.02 Å². The van der Waals surface area contributed by atoms with E-state index in [0.29, 0.717) is 16.3 Å². The van der Waals surface area contributed by atoms with Gasteiger partial charge >= 0.3 is 0 Å². The van der Waals surface area contributed by atoms with Gasteiger partial charge in [0.2, 0.25) is 10.0 Å². The molecule has 110 valence electrons. The van der Waals surface area contributed by atoms with E-state index in [1.807, 2.05) is 20.8 Å². The van der Waals surface area contributed by atoms with Crippen LogP contribution in [-0.2, 0) is 10.0 Å². The van der Waals surface area contributed by atoms with Crippen molar-refractivity contribution in [3.05, 3.63) is 28.8 Å². The molecule has 0 aromatic heterocycles. The zero-order chi connectivity index (χ0) is 15.4. The van der Waals surface area contributed by atoms with Crippen molar-refractivity contribution in [1.82, 2.24) is 0 Å². The van der Waals surface area contributed by atoms with E-state index >= 15 is 0 Å². The molecule has 20 heavy (non-hydrogen) atoms. The van der Waals surface area contributed by atoms with E-state index in [1.165, 1.54) is 0 Å². The molecule has 6 heteroatoms. The lowest BCUT2D eigenvalue weighted by Gasteiger charge is -2.19. The largest absolute Gasteiger partial charge is 0.320 e. The van der Waals surface area contributed by atoms with Crippen LogP contribution in [0.5, 0.6) is 0 Å². The Labute approximate surface area is 125 Å². The Morgan fingerprint density at radius 1 is 1.35 bits per heavy atom. The van der Waals surface area contributed by atoms with Gasteiger partial charge in [0.1, 0.15) is 0 Å².